The van der Waals surface area contributed by atoms with Gasteiger partial charge >= 0.3 is 0 Å². The molecule has 0 radical (unpaired) electrons. The van der Waals surface area contributed by atoms with E-state index in [0.29, 0.717) is 10.0 Å². The van der Waals surface area contributed by atoms with Crippen LogP contribution in [0.1, 0.15) is 24.3 Å². The van der Waals surface area contributed by atoms with Crippen molar-refractivity contribution in [3.8, 4) is 0 Å². The zero-order chi connectivity index (χ0) is 13.8. The maximum absolute atomic E-state index is 11.9. The molecule has 2 aromatic rings. The van der Waals surface area contributed by atoms with Crippen LogP contribution >= 0.6 is 23.2 Å². The molecule has 3 nitrogen and oxygen atoms in total. The van der Waals surface area contributed by atoms with Gasteiger partial charge in [0.2, 0.25) is 5.91 Å². The van der Waals surface area contributed by atoms with E-state index in [1.165, 1.54) is 0 Å². The molecule has 5 heteroatoms. The van der Waals surface area contributed by atoms with Crippen molar-refractivity contribution >= 4 is 29.1 Å². The Kier molecular flexibility index (Phi) is 4.51. The van der Waals surface area contributed by atoms with Crippen molar-refractivity contribution in [3.05, 3.63) is 58.0 Å². The molecule has 1 aromatic heterocycles. The van der Waals surface area contributed by atoms with Crippen LogP contribution in [0.25, 0.3) is 0 Å². The molecule has 0 bridgehead atoms. The largest absolute Gasteiger partial charge is 0.467 e. The van der Waals surface area contributed by atoms with Gasteiger partial charge in [0.25, 0.3) is 0 Å². The van der Waals surface area contributed by atoms with Crippen molar-refractivity contribution < 1.29 is 9.21 Å². The first kappa shape index (κ1) is 14.0. The van der Waals surface area contributed by atoms with Crippen molar-refractivity contribution in [3.63, 3.8) is 0 Å². The van der Waals surface area contributed by atoms with Crippen LogP contribution in [0, 0.1) is 0 Å². The van der Waals surface area contributed by atoms with E-state index in [-0.39, 0.29) is 18.4 Å². The van der Waals surface area contributed by atoms with Gasteiger partial charge in [0.1, 0.15) is 5.76 Å². The summed E-state index contributed by atoms with van der Waals surface area (Å²) in [7, 11) is 0. The first-order valence-electron chi connectivity index (χ1n) is 5.83. The van der Waals surface area contributed by atoms with E-state index in [2.05, 4.69) is 5.32 Å². The molecular weight excluding hydrogens is 285 g/mol. The van der Waals surface area contributed by atoms with Gasteiger partial charge in [-0.3, -0.25) is 4.79 Å². The molecule has 0 aliphatic carbocycles. The van der Waals surface area contributed by atoms with Gasteiger partial charge in [-0.25, -0.2) is 0 Å². The number of carbonyl (C=O) groups is 1. The fourth-order valence-electron chi connectivity index (χ4n) is 1.74. The quantitative estimate of drug-likeness (QED) is 0.926. The number of hydrogen-bond acceptors (Lipinski definition) is 2. The maximum Gasteiger partial charge on any atom is 0.224 e. The van der Waals surface area contributed by atoms with Crippen LogP contribution in [-0.4, -0.2) is 5.91 Å². The number of amides is 1. The van der Waals surface area contributed by atoms with Gasteiger partial charge in [-0.05, 0) is 36.8 Å². The number of benzene rings is 1. The summed E-state index contributed by atoms with van der Waals surface area (Å²) >= 11 is 11.7. The lowest BCUT2D eigenvalue weighted by Gasteiger charge is -2.11. The van der Waals surface area contributed by atoms with Crippen molar-refractivity contribution in [1.82, 2.24) is 5.32 Å². The van der Waals surface area contributed by atoms with Crippen molar-refractivity contribution in [2.75, 3.05) is 0 Å². The molecule has 100 valence electrons. The van der Waals surface area contributed by atoms with Gasteiger partial charge in [-0.15, -0.1) is 0 Å². The Hall–Kier alpha value is -1.45. The molecule has 1 aromatic carbocycles. The summed E-state index contributed by atoms with van der Waals surface area (Å²) in [6, 6.07) is 8.61. The standard InChI is InChI=1S/C14H13Cl2NO2/c1-9(13-3-2-6-19-13)17-14(18)8-10-4-5-11(15)12(16)7-10/h2-7,9H,8H2,1H3,(H,17,18). The van der Waals surface area contributed by atoms with Crippen molar-refractivity contribution in [2.24, 2.45) is 0 Å². The summed E-state index contributed by atoms with van der Waals surface area (Å²) < 4.78 is 5.23. The predicted octanol–water partition coefficient (Wildman–Crippen LogP) is 4.01. The highest BCUT2D eigenvalue weighted by Gasteiger charge is 2.12. The molecule has 1 atom stereocenters. The van der Waals surface area contributed by atoms with E-state index in [4.69, 9.17) is 27.6 Å². The van der Waals surface area contributed by atoms with Crippen LogP contribution in [0.15, 0.2) is 41.0 Å². The highest BCUT2D eigenvalue weighted by molar-refractivity contribution is 6.42. The van der Waals surface area contributed by atoms with Crippen LogP contribution in [0.5, 0.6) is 0 Å². The van der Waals surface area contributed by atoms with E-state index in [0.717, 1.165) is 11.3 Å². The molecule has 0 aliphatic heterocycles. The van der Waals surface area contributed by atoms with Crippen LogP contribution in [-0.2, 0) is 11.2 Å². The van der Waals surface area contributed by atoms with Gasteiger partial charge in [-0.2, -0.15) is 0 Å². The normalized spacial score (nSPS) is 12.2. The molecule has 0 saturated heterocycles. The van der Waals surface area contributed by atoms with Crippen molar-refractivity contribution in [2.45, 2.75) is 19.4 Å². The Labute approximate surface area is 121 Å². The second-order valence-electron chi connectivity index (χ2n) is 4.23. The molecule has 0 spiro atoms. The van der Waals surface area contributed by atoms with E-state index < -0.39 is 0 Å². The van der Waals surface area contributed by atoms with E-state index in [1.54, 1.807) is 30.5 Å². The van der Waals surface area contributed by atoms with Gasteiger partial charge in [-0.1, -0.05) is 29.3 Å². The molecule has 2 rings (SSSR count). The highest BCUT2D eigenvalue weighted by atomic mass is 35.5. The maximum atomic E-state index is 11.9. The fourth-order valence-corrected chi connectivity index (χ4v) is 2.06. The fraction of sp³-hybridized carbons (Fsp3) is 0.214. The number of halogens is 2. The second kappa shape index (κ2) is 6.13. The average molecular weight is 298 g/mol. The minimum atomic E-state index is -0.162. The Balaban J connectivity index is 1.95. The van der Waals surface area contributed by atoms with Crippen LogP contribution in [0.2, 0.25) is 10.0 Å². The summed E-state index contributed by atoms with van der Waals surface area (Å²) in [6.07, 6.45) is 1.83. The summed E-state index contributed by atoms with van der Waals surface area (Å²) in [5.41, 5.74) is 0.818. The van der Waals surface area contributed by atoms with Crippen LogP contribution in [0.4, 0.5) is 0 Å². The highest BCUT2D eigenvalue weighted by Crippen LogP contribution is 2.23. The molecule has 1 unspecified atom stereocenters. The number of furan rings is 1. The Bertz CT molecular complexity index is 567. The first-order chi connectivity index (χ1) is 9.06. The van der Waals surface area contributed by atoms with E-state index in [1.807, 2.05) is 13.0 Å². The first-order valence-corrected chi connectivity index (χ1v) is 6.58. The second-order valence-corrected chi connectivity index (χ2v) is 5.04. The summed E-state index contributed by atoms with van der Waals surface area (Å²) in [4.78, 5) is 11.9. The lowest BCUT2D eigenvalue weighted by atomic mass is 10.1. The third-order valence-corrected chi connectivity index (χ3v) is 3.44. The molecule has 1 heterocycles. The minimum Gasteiger partial charge on any atom is -0.467 e. The number of rotatable bonds is 4. The Morgan fingerprint density at radius 2 is 2.11 bits per heavy atom. The van der Waals surface area contributed by atoms with Gasteiger partial charge in [0.05, 0.1) is 28.8 Å². The molecule has 0 aliphatic rings. The number of nitrogens with one attached hydrogen (secondary N) is 1. The molecule has 0 fully saturated rings. The predicted molar refractivity (Wildman–Crippen MR) is 75.4 cm³/mol. The molecule has 19 heavy (non-hydrogen) atoms. The topological polar surface area (TPSA) is 42.2 Å². The third-order valence-electron chi connectivity index (χ3n) is 2.70. The van der Waals surface area contributed by atoms with Gasteiger partial charge in [0, 0.05) is 0 Å². The zero-order valence-electron chi connectivity index (χ0n) is 10.3. The zero-order valence-corrected chi connectivity index (χ0v) is 11.8. The smallest absolute Gasteiger partial charge is 0.224 e. The number of carbonyl (C=O) groups excluding carboxylic acids is 1. The van der Waals surface area contributed by atoms with Crippen molar-refractivity contribution in [1.29, 1.82) is 0 Å². The van der Waals surface area contributed by atoms with Crippen LogP contribution < -0.4 is 5.32 Å². The number of hydrogen-bond donors (Lipinski definition) is 1. The molecule has 0 saturated carbocycles. The van der Waals surface area contributed by atoms with Crippen LogP contribution in [0.3, 0.4) is 0 Å². The van der Waals surface area contributed by atoms with Gasteiger partial charge < -0.3 is 9.73 Å². The summed E-state index contributed by atoms with van der Waals surface area (Å²) in [5.74, 6) is 0.629. The third kappa shape index (κ3) is 3.75. The van der Waals surface area contributed by atoms with E-state index in [9.17, 15) is 4.79 Å². The Morgan fingerprint density at radius 3 is 2.74 bits per heavy atom. The molecule has 1 N–H and O–H groups in total. The summed E-state index contributed by atoms with van der Waals surface area (Å²) in [5, 5.41) is 3.79. The lowest BCUT2D eigenvalue weighted by Crippen LogP contribution is -2.27. The SMILES string of the molecule is CC(NC(=O)Cc1ccc(Cl)c(Cl)c1)c1ccco1. The lowest BCUT2D eigenvalue weighted by molar-refractivity contribution is -0.121. The molecule has 1 amide bonds. The summed E-state index contributed by atoms with van der Waals surface area (Å²) in [6.45, 7) is 1.87. The minimum absolute atomic E-state index is 0.0951. The monoisotopic (exact) mass is 297 g/mol. The van der Waals surface area contributed by atoms with Gasteiger partial charge in [0.15, 0.2) is 0 Å². The average Bonchev–Trinajstić information content (AvgIpc) is 2.87. The Morgan fingerprint density at radius 1 is 1.32 bits per heavy atom. The molecular formula is C14H13Cl2NO2. The van der Waals surface area contributed by atoms with E-state index >= 15 is 0 Å².